The number of hydrogen-bond donors (Lipinski definition) is 2. The molecule has 0 atom stereocenters. The Hall–Kier alpha value is -3.48. The molecule has 0 spiro atoms. The smallest absolute Gasteiger partial charge is 0.258 e. The number of para-hydroxylation sites is 1. The number of anilines is 2. The molecule has 0 fully saturated rings. The molecule has 1 heterocycles. The fourth-order valence-electron chi connectivity index (χ4n) is 2.24. The zero-order valence-electron chi connectivity index (χ0n) is 13.6. The van der Waals surface area contributed by atoms with E-state index in [1.165, 1.54) is 11.0 Å². The summed E-state index contributed by atoms with van der Waals surface area (Å²) in [6, 6.07) is 16.3. The molecule has 0 unspecified atom stereocenters. The van der Waals surface area contributed by atoms with E-state index < -0.39 is 0 Å². The molecule has 0 radical (unpaired) electrons. The summed E-state index contributed by atoms with van der Waals surface area (Å²) in [7, 11) is 0. The van der Waals surface area contributed by atoms with Crippen molar-refractivity contribution < 1.29 is 9.59 Å². The van der Waals surface area contributed by atoms with Crippen LogP contribution in [-0.4, -0.2) is 26.6 Å². The van der Waals surface area contributed by atoms with E-state index in [1.54, 1.807) is 24.3 Å². The van der Waals surface area contributed by atoms with Gasteiger partial charge in [-0.3, -0.25) is 14.9 Å². The van der Waals surface area contributed by atoms with Crippen LogP contribution in [0.4, 0.5) is 11.6 Å². The second kappa shape index (κ2) is 7.39. The van der Waals surface area contributed by atoms with Crippen LogP contribution < -0.4 is 10.6 Å². The number of aryl methyl sites for hydroxylation is 1. The second-order valence-electron chi connectivity index (χ2n) is 5.45. The van der Waals surface area contributed by atoms with Crippen molar-refractivity contribution in [2.45, 2.75) is 13.5 Å². The van der Waals surface area contributed by atoms with Crippen LogP contribution in [0.5, 0.6) is 0 Å². The van der Waals surface area contributed by atoms with E-state index in [9.17, 15) is 9.59 Å². The predicted molar refractivity (Wildman–Crippen MR) is 94.2 cm³/mol. The molecule has 0 bridgehead atoms. The van der Waals surface area contributed by atoms with E-state index in [2.05, 4.69) is 20.7 Å². The van der Waals surface area contributed by atoms with E-state index in [4.69, 9.17) is 0 Å². The van der Waals surface area contributed by atoms with Crippen molar-refractivity contribution in [3.63, 3.8) is 0 Å². The van der Waals surface area contributed by atoms with E-state index in [0.29, 0.717) is 5.56 Å². The lowest BCUT2D eigenvalue weighted by atomic mass is 10.2. The van der Waals surface area contributed by atoms with Crippen LogP contribution >= 0.6 is 0 Å². The Balaban J connectivity index is 1.59. The molecule has 1 aromatic heterocycles. The molecule has 0 saturated heterocycles. The van der Waals surface area contributed by atoms with Crippen molar-refractivity contribution >= 4 is 23.5 Å². The molecule has 0 aliphatic rings. The van der Waals surface area contributed by atoms with Gasteiger partial charge >= 0.3 is 0 Å². The number of hydrogen-bond acceptors (Lipinski definition) is 4. The lowest BCUT2D eigenvalue weighted by Gasteiger charge is -2.07. The minimum Gasteiger partial charge on any atom is -0.324 e. The van der Waals surface area contributed by atoms with Gasteiger partial charge in [0.15, 0.2) is 0 Å². The fraction of sp³-hybridized carbons (Fsp3) is 0.111. The highest BCUT2D eigenvalue weighted by Crippen LogP contribution is 2.13. The number of rotatable bonds is 5. The Labute approximate surface area is 144 Å². The molecule has 126 valence electrons. The van der Waals surface area contributed by atoms with Gasteiger partial charge in [0, 0.05) is 11.3 Å². The molecule has 25 heavy (non-hydrogen) atoms. The number of amides is 2. The largest absolute Gasteiger partial charge is 0.324 e. The highest BCUT2D eigenvalue weighted by atomic mass is 16.2. The van der Waals surface area contributed by atoms with E-state index in [-0.39, 0.29) is 24.3 Å². The molecule has 0 aliphatic heterocycles. The maximum Gasteiger partial charge on any atom is 0.258 e. The quantitative estimate of drug-likeness (QED) is 0.750. The number of carbonyl (C=O) groups is 2. The summed E-state index contributed by atoms with van der Waals surface area (Å²) >= 11 is 0. The van der Waals surface area contributed by atoms with Crippen molar-refractivity contribution in [3.8, 4) is 0 Å². The molecule has 7 nitrogen and oxygen atoms in total. The normalized spacial score (nSPS) is 10.3. The number of carbonyl (C=O) groups excluding carboxylic acids is 2. The first kappa shape index (κ1) is 16.4. The zero-order chi connectivity index (χ0) is 17.6. The third-order valence-corrected chi connectivity index (χ3v) is 3.52. The van der Waals surface area contributed by atoms with Gasteiger partial charge in [-0.05, 0) is 30.7 Å². The summed E-state index contributed by atoms with van der Waals surface area (Å²) in [6.45, 7) is 1.92. The topological polar surface area (TPSA) is 88.9 Å². The first-order valence-corrected chi connectivity index (χ1v) is 7.73. The van der Waals surface area contributed by atoms with Gasteiger partial charge in [-0.25, -0.2) is 9.67 Å². The molecular weight excluding hydrogens is 318 g/mol. The molecule has 7 heteroatoms. The van der Waals surface area contributed by atoms with Gasteiger partial charge in [0.25, 0.3) is 5.91 Å². The highest BCUT2D eigenvalue weighted by molar-refractivity contribution is 6.03. The van der Waals surface area contributed by atoms with Crippen LogP contribution in [0.25, 0.3) is 0 Å². The van der Waals surface area contributed by atoms with Crippen molar-refractivity contribution in [1.29, 1.82) is 0 Å². The van der Waals surface area contributed by atoms with E-state index in [0.717, 1.165) is 11.3 Å². The summed E-state index contributed by atoms with van der Waals surface area (Å²) in [4.78, 5) is 28.1. The fourth-order valence-corrected chi connectivity index (χ4v) is 2.24. The maximum absolute atomic E-state index is 12.1. The Bertz CT molecular complexity index is 889. The van der Waals surface area contributed by atoms with Crippen LogP contribution in [0.3, 0.4) is 0 Å². The minimum absolute atomic E-state index is 0.00252. The first-order chi connectivity index (χ1) is 12.1. The summed E-state index contributed by atoms with van der Waals surface area (Å²) in [5.41, 5.74) is 2.24. The Morgan fingerprint density at radius 2 is 1.72 bits per heavy atom. The van der Waals surface area contributed by atoms with Crippen LogP contribution in [0, 0.1) is 6.92 Å². The molecular formula is C18H17N5O2. The van der Waals surface area contributed by atoms with Crippen molar-refractivity contribution in [1.82, 2.24) is 14.8 Å². The number of aromatic nitrogens is 3. The second-order valence-corrected chi connectivity index (χ2v) is 5.45. The van der Waals surface area contributed by atoms with Crippen molar-refractivity contribution in [3.05, 3.63) is 72.1 Å². The monoisotopic (exact) mass is 335 g/mol. The molecule has 0 aliphatic carbocycles. The first-order valence-electron chi connectivity index (χ1n) is 7.73. The average Bonchev–Trinajstić information content (AvgIpc) is 3.04. The third kappa shape index (κ3) is 4.29. The molecule has 3 rings (SSSR count). The van der Waals surface area contributed by atoms with Gasteiger partial charge in [0.1, 0.15) is 12.9 Å². The lowest BCUT2D eigenvalue weighted by molar-refractivity contribution is -0.116. The van der Waals surface area contributed by atoms with Gasteiger partial charge in [-0.1, -0.05) is 36.4 Å². The number of nitrogens with one attached hydrogen (secondary N) is 2. The number of nitrogens with zero attached hydrogens (tertiary/aromatic N) is 3. The molecule has 2 aromatic carbocycles. The third-order valence-electron chi connectivity index (χ3n) is 3.52. The summed E-state index contributed by atoms with van der Waals surface area (Å²) < 4.78 is 1.37. The summed E-state index contributed by atoms with van der Waals surface area (Å²) in [6.07, 6.45) is 1.40. The predicted octanol–water partition coefficient (Wildman–Crippen LogP) is 2.48. The van der Waals surface area contributed by atoms with E-state index in [1.807, 2.05) is 37.3 Å². The molecule has 0 saturated carbocycles. The van der Waals surface area contributed by atoms with Crippen molar-refractivity contribution in [2.75, 3.05) is 10.6 Å². The summed E-state index contributed by atoms with van der Waals surface area (Å²) in [5.74, 6) is -0.375. The van der Waals surface area contributed by atoms with Gasteiger partial charge in [0.2, 0.25) is 11.9 Å². The molecule has 2 amide bonds. The minimum atomic E-state index is -0.303. The van der Waals surface area contributed by atoms with Crippen molar-refractivity contribution in [2.24, 2.45) is 0 Å². The van der Waals surface area contributed by atoms with Gasteiger partial charge in [-0.15, -0.1) is 5.10 Å². The molecule has 3 aromatic rings. The average molecular weight is 335 g/mol. The maximum atomic E-state index is 12.1. The standard InChI is InChI=1S/C18H17N5O2/c1-13-7-5-6-10-15(13)20-16(24)11-23-12-19-18(22-23)21-17(25)14-8-3-2-4-9-14/h2-10,12H,11H2,1H3,(H,20,24)(H,21,22,25). The summed E-state index contributed by atoms with van der Waals surface area (Å²) in [5, 5.41) is 9.51. The SMILES string of the molecule is Cc1ccccc1NC(=O)Cn1cnc(NC(=O)c2ccccc2)n1. The highest BCUT2D eigenvalue weighted by Gasteiger charge is 2.10. The Kier molecular flexibility index (Phi) is 4.84. The lowest BCUT2D eigenvalue weighted by Crippen LogP contribution is -2.20. The van der Waals surface area contributed by atoms with Crippen LogP contribution in [0.1, 0.15) is 15.9 Å². The van der Waals surface area contributed by atoms with E-state index >= 15 is 0 Å². The van der Waals surface area contributed by atoms with Crippen LogP contribution in [0.15, 0.2) is 60.9 Å². The molecule has 2 N–H and O–H groups in total. The van der Waals surface area contributed by atoms with Gasteiger partial charge in [-0.2, -0.15) is 0 Å². The Morgan fingerprint density at radius 1 is 1.00 bits per heavy atom. The van der Waals surface area contributed by atoms with Gasteiger partial charge in [0.05, 0.1) is 0 Å². The Morgan fingerprint density at radius 3 is 2.48 bits per heavy atom. The zero-order valence-corrected chi connectivity index (χ0v) is 13.6. The van der Waals surface area contributed by atoms with Crippen LogP contribution in [0.2, 0.25) is 0 Å². The van der Waals surface area contributed by atoms with Gasteiger partial charge < -0.3 is 5.32 Å². The number of benzene rings is 2. The van der Waals surface area contributed by atoms with Crippen LogP contribution in [-0.2, 0) is 11.3 Å².